The van der Waals surface area contributed by atoms with E-state index in [0.29, 0.717) is 32.1 Å². The van der Waals surface area contributed by atoms with Crippen LogP contribution in [0.1, 0.15) is 44.9 Å². The Kier molecular flexibility index (Phi) is 5.19. The fourth-order valence-electron chi connectivity index (χ4n) is 3.11. The zero-order chi connectivity index (χ0) is 13.7. The molecule has 1 aliphatic carbocycles. The molecule has 0 spiro atoms. The molecule has 0 aromatic rings. The molecule has 1 saturated carbocycles. The Balaban J connectivity index is 1.88. The van der Waals surface area contributed by atoms with E-state index in [4.69, 9.17) is 9.84 Å². The molecule has 2 fully saturated rings. The Morgan fingerprint density at radius 2 is 1.89 bits per heavy atom. The summed E-state index contributed by atoms with van der Waals surface area (Å²) in [6.45, 7) is 1.40. The van der Waals surface area contributed by atoms with E-state index in [1.165, 1.54) is 19.3 Å². The first-order valence-electron chi connectivity index (χ1n) is 7.26. The highest BCUT2D eigenvalue weighted by molar-refractivity contribution is 5.78. The number of carboxylic acid groups (broad SMARTS) is 1. The van der Waals surface area contributed by atoms with Crippen molar-refractivity contribution in [2.24, 2.45) is 5.92 Å². The van der Waals surface area contributed by atoms with E-state index < -0.39 is 5.97 Å². The first-order valence-corrected chi connectivity index (χ1v) is 7.26. The van der Waals surface area contributed by atoms with Gasteiger partial charge in [-0.3, -0.25) is 9.59 Å². The highest BCUT2D eigenvalue weighted by Crippen LogP contribution is 2.27. The number of hydrogen-bond donors (Lipinski definition) is 1. The smallest absolute Gasteiger partial charge is 0.305 e. The Morgan fingerprint density at radius 1 is 1.16 bits per heavy atom. The third-order valence-electron chi connectivity index (χ3n) is 4.15. The molecule has 0 bridgehead atoms. The van der Waals surface area contributed by atoms with Crippen LogP contribution in [0.15, 0.2) is 0 Å². The summed E-state index contributed by atoms with van der Waals surface area (Å²) in [5.74, 6) is -0.262. The van der Waals surface area contributed by atoms with Gasteiger partial charge in [0.05, 0.1) is 25.7 Å². The lowest BCUT2D eigenvalue weighted by molar-refractivity contribution is -0.147. The molecule has 1 amide bonds. The molecule has 1 heterocycles. The monoisotopic (exact) mass is 269 g/mol. The van der Waals surface area contributed by atoms with Crippen LogP contribution in [0.25, 0.3) is 0 Å². The molecular weight excluding hydrogens is 246 g/mol. The van der Waals surface area contributed by atoms with Crippen LogP contribution < -0.4 is 0 Å². The second-order valence-electron chi connectivity index (χ2n) is 5.62. The standard InChI is InChI=1S/C14H23NO4/c16-13(8-11-4-2-1-3-5-11)15-6-7-19-10-12(15)9-14(17)18/h11-12H,1-10H2,(H,17,18). The van der Waals surface area contributed by atoms with E-state index >= 15 is 0 Å². The number of rotatable bonds is 4. The Bertz CT molecular complexity index is 325. The minimum Gasteiger partial charge on any atom is -0.481 e. The van der Waals surface area contributed by atoms with Crippen molar-refractivity contribution in [1.29, 1.82) is 0 Å². The predicted octanol–water partition coefficient (Wildman–Crippen LogP) is 1.66. The molecule has 1 saturated heterocycles. The van der Waals surface area contributed by atoms with Gasteiger partial charge in [-0.15, -0.1) is 0 Å². The molecule has 2 aliphatic rings. The van der Waals surface area contributed by atoms with Gasteiger partial charge in [0.2, 0.25) is 5.91 Å². The zero-order valence-corrected chi connectivity index (χ0v) is 11.3. The lowest BCUT2D eigenvalue weighted by atomic mass is 9.86. The Hall–Kier alpha value is -1.10. The van der Waals surface area contributed by atoms with E-state index in [-0.39, 0.29) is 18.4 Å². The van der Waals surface area contributed by atoms with Crippen molar-refractivity contribution >= 4 is 11.9 Å². The molecular formula is C14H23NO4. The van der Waals surface area contributed by atoms with Crippen molar-refractivity contribution in [2.45, 2.75) is 51.0 Å². The van der Waals surface area contributed by atoms with Gasteiger partial charge >= 0.3 is 5.97 Å². The zero-order valence-electron chi connectivity index (χ0n) is 11.3. The molecule has 0 aromatic heterocycles. The summed E-state index contributed by atoms with van der Waals surface area (Å²) >= 11 is 0. The molecule has 1 unspecified atom stereocenters. The van der Waals surface area contributed by atoms with Gasteiger partial charge in [0.25, 0.3) is 0 Å². The average molecular weight is 269 g/mol. The number of hydrogen-bond acceptors (Lipinski definition) is 3. The quantitative estimate of drug-likeness (QED) is 0.843. The largest absolute Gasteiger partial charge is 0.481 e. The summed E-state index contributed by atoms with van der Waals surface area (Å²) in [5, 5.41) is 8.89. The van der Waals surface area contributed by atoms with Gasteiger partial charge in [-0.05, 0) is 18.8 Å². The van der Waals surface area contributed by atoms with Crippen molar-refractivity contribution in [3.8, 4) is 0 Å². The maximum Gasteiger partial charge on any atom is 0.305 e. The lowest BCUT2D eigenvalue weighted by Crippen LogP contribution is -2.50. The molecule has 5 nitrogen and oxygen atoms in total. The van der Waals surface area contributed by atoms with Crippen LogP contribution in [0.4, 0.5) is 0 Å². The fraction of sp³-hybridized carbons (Fsp3) is 0.857. The minimum absolute atomic E-state index is 0.0175. The normalized spacial score (nSPS) is 25.3. The van der Waals surface area contributed by atoms with Gasteiger partial charge in [-0.2, -0.15) is 0 Å². The van der Waals surface area contributed by atoms with Crippen LogP contribution in [0.2, 0.25) is 0 Å². The van der Waals surface area contributed by atoms with Crippen molar-refractivity contribution in [1.82, 2.24) is 4.90 Å². The second-order valence-corrected chi connectivity index (χ2v) is 5.62. The summed E-state index contributed by atoms with van der Waals surface area (Å²) in [6, 6.07) is -0.289. The molecule has 2 rings (SSSR count). The van der Waals surface area contributed by atoms with E-state index in [0.717, 1.165) is 12.8 Å². The molecule has 1 N–H and O–H groups in total. The third-order valence-corrected chi connectivity index (χ3v) is 4.15. The topological polar surface area (TPSA) is 66.8 Å². The molecule has 19 heavy (non-hydrogen) atoms. The lowest BCUT2D eigenvalue weighted by Gasteiger charge is -2.36. The van der Waals surface area contributed by atoms with Crippen LogP contribution >= 0.6 is 0 Å². The molecule has 5 heteroatoms. The predicted molar refractivity (Wildman–Crippen MR) is 69.8 cm³/mol. The maximum atomic E-state index is 12.3. The fourth-order valence-corrected chi connectivity index (χ4v) is 3.11. The van der Waals surface area contributed by atoms with E-state index in [9.17, 15) is 9.59 Å². The van der Waals surface area contributed by atoms with Crippen LogP contribution in [0, 0.1) is 5.92 Å². The summed E-state index contributed by atoms with van der Waals surface area (Å²) in [4.78, 5) is 24.9. The summed E-state index contributed by atoms with van der Waals surface area (Å²) in [7, 11) is 0. The Morgan fingerprint density at radius 3 is 2.58 bits per heavy atom. The van der Waals surface area contributed by atoms with Gasteiger partial charge < -0.3 is 14.7 Å². The molecule has 0 radical (unpaired) electrons. The van der Waals surface area contributed by atoms with Crippen LogP contribution in [-0.2, 0) is 14.3 Å². The summed E-state index contributed by atoms with van der Waals surface area (Å²) < 4.78 is 5.30. The van der Waals surface area contributed by atoms with Crippen molar-refractivity contribution < 1.29 is 19.4 Å². The minimum atomic E-state index is -0.869. The molecule has 1 atom stereocenters. The van der Waals surface area contributed by atoms with Crippen molar-refractivity contribution in [2.75, 3.05) is 19.8 Å². The number of nitrogens with zero attached hydrogens (tertiary/aromatic N) is 1. The first-order chi connectivity index (χ1) is 9.16. The first kappa shape index (κ1) is 14.3. The SMILES string of the molecule is O=C(O)CC1COCCN1C(=O)CC1CCCCC1. The average Bonchev–Trinajstić information content (AvgIpc) is 2.39. The molecule has 1 aliphatic heterocycles. The highest BCUT2D eigenvalue weighted by atomic mass is 16.5. The van der Waals surface area contributed by atoms with E-state index in [1.54, 1.807) is 4.90 Å². The summed E-state index contributed by atoms with van der Waals surface area (Å²) in [6.07, 6.45) is 6.56. The Labute approximate surface area is 113 Å². The van der Waals surface area contributed by atoms with Crippen LogP contribution in [0.3, 0.4) is 0 Å². The third kappa shape index (κ3) is 4.20. The summed E-state index contributed by atoms with van der Waals surface area (Å²) in [5.41, 5.74) is 0. The van der Waals surface area contributed by atoms with Gasteiger partial charge in [0, 0.05) is 13.0 Å². The van der Waals surface area contributed by atoms with Gasteiger partial charge in [-0.1, -0.05) is 19.3 Å². The number of carbonyl (C=O) groups is 2. The van der Waals surface area contributed by atoms with Crippen LogP contribution in [-0.4, -0.2) is 47.7 Å². The number of ether oxygens (including phenoxy) is 1. The maximum absolute atomic E-state index is 12.3. The van der Waals surface area contributed by atoms with Crippen molar-refractivity contribution in [3.63, 3.8) is 0 Å². The van der Waals surface area contributed by atoms with Crippen LogP contribution in [0.5, 0.6) is 0 Å². The second kappa shape index (κ2) is 6.89. The number of carbonyl (C=O) groups excluding carboxylic acids is 1. The molecule has 108 valence electrons. The van der Waals surface area contributed by atoms with E-state index in [1.807, 2.05) is 0 Å². The highest BCUT2D eigenvalue weighted by Gasteiger charge is 2.30. The van der Waals surface area contributed by atoms with Gasteiger partial charge in [0.1, 0.15) is 0 Å². The number of aliphatic carboxylic acids is 1. The van der Waals surface area contributed by atoms with Gasteiger partial charge in [0.15, 0.2) is 0 Å². The van der Waals surface area contributed by atoms with Gasteiger partial charge in [-0.25, -0.2) is 0 Å². The number of amides is 1. The van der Waals surface area contributed by atoms with E-state index in [2.05, 4.69) is 0 Å². The number of morpholine rings is 1. The van der Waals surface area contributed by atoms with Crippen molar-refractivity contribution in [3.05, 3.63) is 0 Å². The number of carboxylic acids is 1. The molecule has 0 aromatic carbocycles.